The van der Waals surface area contributed by atoms with E-state index in [0.717, 1.165) is 6.42 Å². The molecule has 0 aliphatic heterocycles. The minimum absolute atomic E-state index is 0.0630. The van der Waals surface area contributed by atoms with E-state index in [4.69, 9.17) is 16.3 Å². The predicted molar refractivity (Wildman–Crippen MR) is 82.3 cm³/mol. The van der Waals surface area contributed by atoms with Gasteiger partial charge in [0.15, 0.2) is 0 Å². The van der Waals surface area contributed by atoms with Crippen LogP contribution in [0.25, 0.3) is 0 Å². The Balaban J connectivity index is 2.27. The third-order valence-electron chi connectivity index (χ3n) is 3.16. The van der Waals surface area contributed by atoms with Crippen LogP contribution in [-0.2, 0) is 4.79 Å². The lowest BCUT2D eigenvalue weighted by Crippen LogP contribution is -2.40. The fourth-order valence-electron chi connectivity index (χ4n) is 1.52. The van der Waals surface area contributed by atoms with E-state index in [0.29, 0.717) is 36.5 Å². The highest BCUT2D eigenvalue weighted by Crippen LogP contribution is 2.22. The summed E-state index contributed by atoms with van der Waals surface area (Å²) >= 11 is 5.99. The Morgan fingerprint density at radius 2 is 2.15 bits per heavy atom. The number of hydrogen-bond acceptors (Lipinski definition) is 3. The Morgan fingerprint density at radius 3 is 2.80 bits per heavy atom. The largest absolute Gasteiger partial charge is 0.490 e. The minimum atomic E-state index is 0.0630. The summed E-state index contributed by atoms with van der Waals surface area (Å²) < 4.78 is 5.56. The quantitative estimate of drug-likeness (QED) is 0.802. The molecule has 0 radical (unpaired) electrons. The Labute approximate surface area is 126 Å². The topological polar surface area (TPSA) is 41.6 Å². The van der Waals surface area contributed by atoms with Gasteiger partial charge in [0.2, 0.25) is 5.91 Å². The van der Waals surface area contributed by atoms with Crippen molar-refractivity contribution in [2.75, 3.05) is 26.7 Å². The second kappa shape index (κ2) is 8.82. The van der Waals surface area contributed by atoms with Crippen molar-refractivity contribution in [3.05, 3.63) is 29.3 Å². The van der Waals surface area contributed by atoms with Crippen molar-refractivity contribution in [3.8, 4) is 5.75 Å². The van der Waals surface area contributed by atoms with Crippen LogP contribution in [0.2, 0.25) is 5.02 Å². The highest BCUT2D eigenvalue weighted by Gasteiger charge is 2.10. The average Bonchev–Trinajstić information content (AvgIpc) is 2.46. The summed E-state index contributed by atoms with van der Waals surface area (Å²) in [4.78, 5) is 13.5. The van der Waals surface area contributed by atoms with E-state index in [-0.39, 0.29) is 5.91 Å². The smallest absolute Gasteiger partial charge is 0.236 e. The number of ether oxygens (including phenoxy) is 1. The van der Waals surface area contributed by atoms with E-state index in [1.807, 2.05) is 18.2 Å². The maximum Gasteiger partial charge on any atom is 0.236 e. The molecule has 1 aromatic rings. The van der Waals surface area contributed by atoms with Crippen molar-refractivity contribution >= 4 is 17.5 Å². The second-order valence-electron chi connectivity index (χ2n) is 4.78. The molecule has 4 nitrogen and oxygen atoms in total. The molecule has 1 rings (SSSR count). The molecule has 0 aliphatic carbocycles. The van der Waals surface area contributed by atoms with Crippen molar-refractivity contribution in [1.82, 2.24) is 10.2 Å². The van der Waals surface area contributed by atoms with Gasteiger partial charge in [0, 0.05) is 13.1 Å². The molecule has 0 spiro atoms. The number of carbonyl (C=O) groups excluding carboxylic acids is 1. The molecule has 0 saturated carbocycles. The van der Waals surface area contributed by atoms with Crippen LogP contribution in [0.5, 0.6) is 5.75 Å². The van der Waals surface area contributed by atoms with Crippen LogP contribution in [0, 0.1) is 0 Å². The molecule has 0 fully saturated rings. The van der Waals surface area contributed by atoms with Crippen LogP contribution in [-0.4, -0.2) is 43.6 Å². The van der Waals surface area contributed by atoms with Gasteiger partial charge < -0.3 is 15.0 Å². The Hall–Kier alpha value is -1.26. The lowest BCUT2D eigenvalue weighted by molar-refractivity contribution is -0.129. The number of nitrogens with zero attached hydrogens (tertiary/aromatic N) is 1. The molecule has 1 atom stereocenters. The second-order valence-corrected chi connectivity index (χ2v) is 5.19. The van der Waals surface area contributed by atoms with Gasteiger partial charge in [-0.05, 0) is 25.5 Å². The van der Waals surface area contributed by atoms with Crippen LogP contribution >= 0.6 is 11.6 Å². The van der Waals surface area contributed by atoms with Gasteiger partial charge in [0.25, 0.3) is 0 Å². The third-order valence-corrected chi connectivity index (χ3v) is 3.47. The van der Waals surface area contributed by atoms with Crippen LogP contribution in [0.15, 0.2) is 24.3 Å². The van der Waals surface area contributed by atoms with Crippen LogP contribution < -0.4 is 10.1 Å². The van der Waals surface area contributed by atoms with Crippen LogP contribution in [0.1, 0.15) is 20.3 Å². The summed E-state index contributed by atoms with van der Waals surface area (Å²) in [7, 11) is 1.77. The van der Waals surface area contributed by atoms with Gasteiger partial charge in [-0.25, -0.2) is 0 Å². The van der Waals surface area contributed by atoms with Crippen molar-refractivity contribution in [3.63, 3.8) is 0 Å². The van der Waals surface area contributed by atoms with E-state index in [9.17, 15) is 4.79 Å². The number of hydrogen-bond donors (Lipinski definition) is 1. The monoisotopic (exact) mass is 298 g/mol. The summed E-state index contributed by atoms with van der Waals surface area (Å²) in [5.41, 5.74) is 0. The molecule has 1 aromatic carbocycles. The van der Waals surface area contributed by atoms with Gasteiger partial charge in [-0.2, -0.15) is 0 Å². The first-order valence-electron chi connectivity index (χ1n) is 6.89. The molecular formula is C15H23ClN2O2. The van der Waals surface area contributed by atoms with Gasteiger partial charge in [0.1, 0.15) is 12.4 Å². The number of amides is 1. The SMILES string of the molecule is CCC(C)NCC(=O)N(C)CCOc1ccccc1Cl. The number of nitrogens with one attached hydrogen (secondary N) is 1. The maximum absolute atomic E-state index is 11.9. The summed E-state index contributed by atoms with van der Waals surface area (Å²) in [6, 6.07) is 7.67. The van der Waals surface area contributed by atoms with E-state index in [1.165, 1.54) is 0 Å². The van der Waals surface area contributed by atoms with Crippen molar-refractivity contribution in [2.24, 2.45) is 0 Å². The van der Waals surface area contributed by atoms with Gasteiger partial charge in [-0.3, -0.25) is 4.79 Å². The summed E-state index contributed by atoms with van der Waals surface area (Å²) in [6.07, 6.45) is 1.01. The molecule has 20 heavy (non-hydrogen) atoms. The number of likely N-dealkylation sites (N-methyl/N-ethyl adjacent to an activating group) is 1. The Bertz CT molecular complexity index is 426. The molecular weight excluding hydrogens is 276 g/mol. The first-order valence-corrected chi connectivity index (χ1v) is 7.27. The molecule has 1 N–H and O–H groups in total. The van der Waals surface area contributed by atoms with Crippen molar-refractivity contribution < 1.29 is 9.53 Å². The van der Waals surface area contributed by atoms with Crippen molar-refractivity contribution in [1.29, 1.82) is 0 Å². The van der Waals surface area contributed by atoms with E-state index in [1.54, 1.807) is 18.0 Å². The fraction of sp³-hybridized carbons (Fsp3) is 0.533. The number of benzene rings is 1. The third kappa shape index (κ3) is 5.80. The fourth-order valence-corrected chi connectivity index (χ4v) is 1.71. The molecule has 0 aromatic heterocycles. The summed E-state index contributed by atoms with van der Waals surface area (Å²) in [5, 5.41) is 3.76. The molecule has 5 heteroatoms. The molecule has 0 bridgehead atoms. The number of para-hydroxylation sites is 1. The lowest BCUT2D eigenvalue weighted by Gasteiger charge is -2.19. The van der Waals surface area contributed by atoms with Gasteiger partial charge >= 0.3 is 0 Å². The number of halogens is 1. The van der Waals surface area contributed by atoms with Crippen LogP contribution in [0.3, 0.4) is 0 Å². The Kier molecular flexibility index (Phi) is 7.41. The summed E-state index contributed by atoms with van der Waals surface area (Å²) in [6.45, 7) is 5.47. The molecule has 0 saturated heterocycles. The van der Waals surface area contributed by atoms with Crippen molar-refractivity contribution in [2.45, 2.75) is 26.3 Å². The molecule has 0 aliphatic rings. The Morgan fingerprint density at radius 1 is 1.45 bits per heavy atom. The molecule has 112 valence electrons. The first kappa shape index (κ1) is 16.8. The number of carbonyl (C=O) groups is 1. The number of rotatable bonds is 8. The van der Waals surface area contributed by atoms with E-state index < -0.39 is 0 Å². The maximum atomic E-state index is 11.9. The van der Waals surface area contributed by atoms with Gasteiger partial charge in [0.05, 0.1) is 18.1 Å². The van der Waals surface area contributed by atoms with E-state index >= 15 is 0 Å². The van der Waals surface area contributed by atoms with Gasteiger partial charge in [-0.15, -0.1) is 0 Å². The highest BCUT2D eigenvalue weighted by atomic mass is 35.5. The molecule has 1 amide bonds. The minimum Gasteiger partial charge on any atom is -0.490 e. The zero-order chi connectivity index (χ0) is 15.0. The highest BCUT2D eigenvalue weighted by molar-refractivity contribution is 6.32. The van der Waals surface area contributed by atoms with Gasteiger partial charge in [-0.1, -0.05) is 30.7 Å². The predicted octanol–water partition coefficient (Wildman–Crippen LogP) is 2.57. The lowest BCUT2D eigenvalue weighted by atomic mass is 10.2. The normalized spacial score (nSPS) is 12.0. The first-order chi connectivity index (χ1) is 9.54. The molecule has 0 heterocycles. The summed E-state index contributed by atoms with van der Waals surface area (Å²) in [5.74, 6) is 0.709. The zero-order valence-corrected chi connectivity index (χ0v) is 13.1. The van der Waals surface area contributed by atoms with E-state index in [2.05, 4.69) is 19.2 Å². The average molecular weight is 299 g/mol. The van der Waals surface area contributed by atoms with Crippen LogP contribution in [0.4, 0.5) is 0 Å². The standard InChI is InChI=1S/C15H23ClN2O2/c1-4-12(2)17-11-15(19)18(3)9-10-20-14-8-6-5-7-13(14)16/h5-8,12,17H,4,9-11H2,1-3H3. The molecule has 1 unspecified atom stereocenters. The zero-order valence-electron chi connectivity index (χ0n) is 12.4.